The number of ether oxygens (including phenoxy) is 2. The second-order valence-corrected chi connectivity index (χ2v) is 3.23. The summed E-state index contributed by atoms with van der Waals surface area (Å²) in [6, 6.07) is 5.05. The van der Waals surface area contributed by atoms with Crippen LogP contribution >= 0.6 is 0 Å². The van der Waals surface area contributed by atoms with Gasteiger partial charge < -0.3 is 19.9 Å². The van der Waals surface area contributed by atoms with Crippen LogP contribution in [0.1, 0.15) is 6.92 Å². The van der Waals surface area contributed by atoms with Crippen molar-refractivity contribution in [3.05, 3.63) is 18.2 Å². The van der Waals surface area contributed by atoms with Crippen molar-refractivity contribution in [2.75, 3.05) is 12.1 Å². The van der Waals surface area contributed by atoms with Crippen LogP contribution in [-0.2, 0) is 4.79 Å². The van der Waals surface area contributed by atoms with Crippen molar-refractivity contribution in [2.45, 2.75) is 13.0 Å². The third kappa shape index (κ3) is 2.02. The number of fused-ring (bicyclic) bond motifs is 1. The Bertz CT molecular complexity index is 389. The number of amides is 1. The maximum Gasteiger partial charge on any atom is 0.252 e. The van der Waals surface area contributed by atoms with Gasteiger partial charge in [0.25, 0.3) is 5.91 Å². The van der Waals surface area contributed by atoms with E-state index in [1.165, 1.54) is 6.92 Å². The molecule has 5 nitrogen and oxygen atoms in total. The molecule has 15 heavy (non-hydrogen) atoms. The fourth-order valence-electron chi connectivity index (χ4n) is 1.22. The molecule has 0 spiro atoms. The Kier molecular flexibility index (Phi) is 2.47. The SMILES string of the molecule is C[C@@H](O)C(=O)Nc1ccc2c(c1)OCO2. The molecule has 1 aliphatic rings. The first-order valence-electron chi connectivity index (χ1n) is 4.55. The number of carbonyl (C=O) groups is 1. The van der Waals surface area contributed by atoms with Gasteiger partial charge in [0.2, 0.25) is 6.79 Å². The molecule has 0 bridgehead atoms. The van der Waals surface area contributed by atoms with E-state index in [-0.39, 0.29) is 6.79 Å². The quantitative estimate of drug-likeness (QED) is 0.753. The van der Waals surface area contributed by atoms with Crippen molar-refractivity contribution in [3.63, 3.8) is 0 Å². The highest BCUT2D eigenvalue weighted by Crippen LogP contribution is 2.34. The van der Waals surface area contributed by atoms with Crippen LogP contribution in [0, 0.1) is 0 Å². The maximum atomic E-state index is 11.2. The lowest BCUT2D eigenvalue weighted by Crippen LogP contribution is -2.24. The van der Waals surface area contributed by atoms with E-state index < -0.39 is 12.0 Å². The van der Waals surface area contributed by atoms with Gasteiger partial charge >= 0.3 is 0 Å². The molecular formula is C10H11NO4. The van der Waals surface area contributed by atoms with E-state index in [9.17, 15) is 4.79 Å². The summed E-state index contributed by atoms with van der Waals surface area (Å²) in [5, 5.41) is 11.6. The standard InChI is InChI=1S/C10H11NO4/c1-6(12)10(13)11-7-2-3-8-9(4-7)15-5-14-8/h2-4,6,12H,5H2,1H3,(H,11,13)/t6-/m1/s1. The minimum atomic E-state index is -1.03. The second-order valence-electron chi connectivity index (χ2n) is 3.23. The fourth-order valence-corrected chi connectivity index (χ4v) is 1.22. The number of nitrogens with one attached hydrogen (secondary N) is 1. The van der Waals surface area contributed by atoms with E-state index in [4.69, 9.17) is 14.6 Å². The number of aliphatic hydroxyl groups is 1. The number of carbonyl (C=O) groups excluding carboxylic acids is 1. The summed E-state index contributed by atoms with van der Waals surface area (Å²) in [4.78, 5) is 11.2. The first kappa shape index (κ1) is 9.79. The molecular weight excluding hydrogens is 198 g/mol. The molecule has 0 radical (unpaired) electrons. The topological polar surface area (TPSA) is 67.8 Å². The van der Waals surface area contributed by atoms with Crippen LogP contribution in [0.15, 0.2) is 18.2 Å². The largest absolute Gasteiger partial charge is 0.454 e. The first-order valence-corrected chi connectivity index (χ1v) is 4.55. The molecule has 0 saturated carbocycles. The van der Waals surface area contributed by atoms with Gasteiger partial charge in [-0.15, -0.1) is 0 Å². The summed E-state index contributed by atoms with van der Waals surface area (Å²) < 4.78 is 10.3. The lowest BCUT2D eigenvalue weighted by atomic mass is 10.2. The predicted octanol–water partition coefficient (Wildman–Crippen LogP) is 0.735. The number of aliphatic hydroxyl groups excluding tert-OH is 1. The number of hydrogen-bond acceptors (Lipinski definition) is 4. The molecule has 0 unspecified atom stereocenters. The zero-order valence-corrected chi connectivity index (χ0v) is 8.19. The molecule has 2 N–H and O–H groups in total. The molecule has 80 valence electrons. The van der Waals surface area contributed by atoms with Crippen molar-refractivity contribution in [3.8, 4) is 11.5 Å². The highest BCUT2D eigenvalue weighted by Gasteiger charge is 2.15. The zero-order valence-electron chi connectivity index (χ0n) is 8.19. The summed E-state index contributed by atoms with van der Waals surface area (Å²) in [6.07, 6.45) is -1.03. The summed E-state index contributed by atoms with van der Waals surface area (Å²) >= 11 is 0. The first-order chi connectivity index (χ1) is 7.16. The van der Waals surface area contributed by atoms with E-state index in [1.54, 1.807) is 18.2 Å². The molecule has 5 heteroatoms. The van der Waals surface area contributed by atoms with Gasteiger partial charge in [0.05, 0.1) is 0 Å². The monoisotopic (exact) mass is 209 g/mol. The Balaban J connectivity index is 2.13. The van der Waals surface area contributed by atoms with Gasteiger partial charge in [-0.25, -0.2) is 0 Å². The van der Waals surface area contributed by atoms with Crippen LogP contribution in [-0.4, -0.2) is 23.9 Å². The Morgan fingerprint density at radius 2 is 2.20 bits per heavy atom. The Morgan fingerprint density at radius 1 is 1.47 bits per heavy atom. The van der Waals surface area contributed by atoms with Gasteiger partial charge in [0.1, 0.15) is 6.10 Å². The number of benzene rings is 1. The molecule has 1 atom stereocenters. The van der Waals surface area contributed by atoms with E-state index in [0.717, 1.165) is 0 Å². The molecule has 1 aliphatic heterocycles. The van der Waals surface area contributed by atoms with E-state index in [0.29, 0.717) is 17.2 Å². The third-order valence-electron chi connectivity index (χ3n) is 2.02. The summed E-state index contributed by atoms with van der Waals surface area (Å²) in [5.74, 6) is 0.803. The summed E-state index contributed by atoms with van der Waals surface area (Å²) in [5.41, 5.74) is 0.574. The normalized spacial score (nSPS) is 14.8. The highest BCUT2D eigenvalue weighted by atomic mass is 16.7. The van der Waals surface area contributed by atoms with Crippen LogP contribution < -0.4 is 14.8 Å². The van der Waals surface area contributed by atoms with Gasteiger partial charge in [-0.2, -0.15) is 0 Å². The molecule has 1 aromatic rings. The number of hydrogen-bond donors (Lipinski definition) is 2. The molecule has 0 fully saturated rings. The number of anilines is 1. The van der Waals surface area contributed by atoms with Crippen molar-refractivity contribution >= 4 is 11.6 Å². The average Bonchev–Trinajstić information content (AvgIpc) is 2.64. The van der Waals surface area contributed by atoms with Gasteiger partial charge in [0.15, 0.2) is 11.5 Å². The summed E-state index contributed by atoms with van der Waals surface area (Å²) in [7, 11) is 0. The van der Waals surface area contributed by atoms with Crippen molar-refractivity contribution in [1.82, 2.24) is 0 Å². The smallest absolute Gasteiger partial charge is 0.252 e. The van der Waals surface area contributed by atoms with Crippen molar-refractivity contribution in [1.29, 1.82) is 0 Å². The molecule has 2 rings (SSSR count). The van der Waals surface area contributed by atoms with E-state index in [1.807, 2.05) is 0 Å². The van der Waals surface area contributed by atoms with Gasteiger partial charge in [-0.05, 0) is 19.1 Å². The predicted molar refractivity (Wildman–Crippen MR) is 52.9 cm³/mol. The third-order valence-corrected chi connectivity index (χ3v) is 2.02. The number of rotatable bonds is 2. The minimum absolute atomic E-state index is 0.198. The second kappa shape index (κ2) is 3.78. The van der Waals surface area contributed by atoms with Crippen LogP contribution in [0.25, 0.3) is 0 Å². The highest BCUT2D eigenvalue weighted by molar-refractivity contribution is 5.93. The maximum absolute atomic E-state index is 11.2. The molecule has 1 aromatic carbocycles. The summed E-state index contributed by atoms with van der Waals surface area (Å²) in [6.45, 7) is 1.60. The Hall–Kier alpha value is -1.75. The lowest BCUT2D eigenvalue weighted by molar-refractivity contribution is -0.123. The van der Waals surface area contributed by atoms with Gasteiger partial charge in [-0.1, -0.05) is 0 Å². The van der Waals surface area contributed by atoms with Crippen molar-refractivity contribution < 1.29 is 19.4 Å². The molecule has 1 amide bonds. The zero-order chi connectivity index (χ0) is 10.8. The molecule has 0 aromatic heterocycles. The van der Waals surface area contributed by atoms with Crippen molar-refractivity contribution in [2.24, 2.45) is 0 Å². The average molecular weight is 209 g/mol. The molecule has 0 aliphatic carbocycles. The fraction of sp³-hybridized carbons (Fsp3) is 0.300. The van der Waals surface area contributed by atoms with E-state index in [2.05, 4.69) is 5.32 Å². The van der Waals surface area contributed by atoms with Crippen LogP contribution in [0.4, 0.5) is 5.69 Å². The molecule has 0 saturated heterocycles. The lowest BCUT2D eigenvalue weighted by Gasteiger charge is -2.07. The van der Waals surface area contributed by atoms with Crippen LogP contribution in [0.2, 0.25) is 0 Å². The van der Waals surface area contributed by atoms with Crippen LogP contribution in [0.5, 0.6) is 11.5 Å². The molecule has 1 heterocycles. The minimum Gasteiger partial charge on any atom is -0.454 e. The Labute approximate surface area is 86.6 Å². The Morgan fingerprint density at radius 3 is 2.93 bits per heavy atom. The van der Waals surface area contributed by atoms with Crippen LogP contribution in [0.3, 0.4) is 0 Å². The van der Waals surface area contributed by atoms with E-state index >= 15 is 0 Å². The van der Waals surface area contributed by atoms with Gasteiger partial charge in [-0.3, -0.25) is 4.79 Å². The van der Waals surface area contributed by atoms with Gasteiger partial charge in [0, 0.05) is 11.8 Å².